The molecule has 3 heterocycles. The van der Waals surface area contributed by atoms with E-state index in [1.165, 1.54) is 12.7 Å². The quantitative estimate of drug-likeness (QED) is 0.180. The zero-order valence-corrected chi connectivity index (χ0v) is 25.0. The number of hydrogen-bond acceptors (Lipinski definition) is 10. The van der Waals surface area contributed by atoms with Gasteiger partial charge in [-0.25, -0.2) is 4.79 Å². The van der Waals surface area contributed by atoms with Crippen LogP contribution in [0.25, 0.3) is 11.2 Å². The van der Waals surface area contributed by atoms with Gasteiger partial charge in [0.25, 0.3) is 0 Å². The lowest BCUT2D eigenvalue weighted by atomic mass is 10.1. The van der Waals surface area contributed by atoms with Crippen LogP contribution in [0.1, 0.15) is 50.2 Å². The molecule has 0 amide bonds. The zero-order chi connectivity index (χ0) is 29.7. The molecule has 12 heteroatoms. The van der Waals surface area contributed by atoms with E-state index in [4.69, 9.17) is 19.9 Å². The van der Waals surface area contributed by atoms with Gasteiger partial charge in [0.1, 0.15) is 5.52 Å². The van der Waals surface area contributed by atoms with Crippen LogP contribution in [0.4, 0.5) is 5.82 Å². The number of aromatic nitrogens is 4. The highest BCUT2D eigenvalue weighted by Gasteiger charge is 2.16. The Morgan fingerprint density at radius 3 is 2.67 bits per heavy atom. The number of aromatic amines is 1. The van der Waals surface area contributed by atoms with Gasteiger partial charge in [-0.2, -0.15) is 9.97 Å². The van der Waals surface area contributed by atoms with Gasteiger partial charge in [-0.15, -0.1) is 0 Å². The van der Waals surface area contributed by atoms with Gasteiger partial charge in [-0.3, -0.25) is 19.2 Å². The number of carbonyl (C=O) groups excluding carboxylic acids is 1. The number of unbranched alkanes of at least 4 members (excludes halogenated alkanes) is 2. The number of benzene rings is 1. The number of nitrogens with zero attached hydrogens (tertiary/aromatic N) is 5. The second-order valence-corrected chi connectivity index (χ2v) is 10.7. The predicted molar refractivity (Wildman–Crippen MR) is 162 cm³/mol. The number of ether oxygens (including phenoxy) is 3. The Labute approximate surface area is 247 Å². The number of methoxy groups -OCH3 is 1. The van der Waals surface area contributed by atoms with E-state index >= 15 is 0 Å². The van der Waals surface area contributed by atoms with Crippen LogP contribution in [-0.4, -0.2) is 94.9 Å². The molecule has 1 fully saturated rings. The Morgan fingerprint density at radius 1 is 1.10 bits per heavy atom. The van der Waals surface area contributed by atoms with E-state index in [-0.39, 0.29) is 29.9 Å². The Kier molecular flexibility index (Phi) is 12.2. The Bertz CT molecular complexity index is 1340. The van der Waals surface area contributed by atoms with E-state index in [9.17, 15) is 9.59 Å². The molecule has 0 saturated carbocycles. The lowest BCUT2D eigenvalue weighted by Gasteiger charge is -2.28. The minimum atomic E-state index is -0.249. The van der Waals surface area contributed by atoms with E-state index in [2.05, 4.69) is 43.8 Å². The fourth-order valence-corrected chi connectivity index (χ4v) is 5.16. The van der Waals surface area contributed by atoms with Crippen molar-refractivity contribution in [3.63, 3.8) is 0 Å². The van der Waals surface area contributed by atoms with Crippen molar-refractivity contribution < 1.29 is 19.0 Å². The van der Waals surface area contributed by atoms with Crippen molar-refractivity contribution >= 4 is 23.0 Å². The highest BCUT2D eigenvalue weighted by Crippen LogP contribution is 2.18. The van der Waals surface area contributed by atoms with Crippen LogP contribution in [0.5, 0.6) is 6.01 Å². The van der Waals surface area contributed by atoms with E-state index < -0.39 is 0 Å². The van der Waals surface area contributed by atoms with Gasteiger partial charge in [0, 0.05) is 26.2 Å². The third kappa shape index (κ3) is 9.27. The molecule has 3 aromatic rings. The van der Waals surface area contributed by atoms with E-state index in [0.29, 0.717) is 24.3 Å². The molecular formula is C30H45N7O5. The molecule has 0 aliphatic carbocycles. The van der Waals surface area contributed by atoms with Crippen LogP contribution in [-0.2, 0) is 33.8 Å². The number of hydrogen-bond donors (Lipinski definition) is 2. The molecule has 1 aromatic carbocycles. The molecule has 0 spiro atoms. The van der Waals surface area contributed by atoms with Gasteiger partial charge in [-0.1, -0.05) is 37.6 Å². The molecule has 0 unspecified atom stereocenters. The first-order valence-electron chi connectivity index (χ1n) is 15.0. The van der Waals surface area contributed by atoms with E-state index in [1.807, 2.05) is 12.1 Å². The number of rotatable bonds is 17. The van der Waals surface area contributed by atoms with Gasteiger partial charge >= 0.3 is 17.7 Å². The summed E-state index contributed by atoms with van der Waals surface area (Å²) in [5.41, 5.74) is 8.89. The number of nitrogens with one attached hydrogen (secondary N) is 1. The van der Waals surface area contributed by atoms with Crippen molar-refractivity contribution in [3.8, 4) is 6.01 Å². The van der Waals surface area contributed by atoms with Gasteiger partial charge in [0.05, 0.1) is 33.4 Å². The number of carbonyl (C=O) groups is 1. The average molecular weight is 584 g/mol. The summed E-state index contributed by atoms with van der Waals surface area (Å²) in [5.74, 6) is -0.0306. The zero-order valence-electron chi connectivity index (χ0n) is 25.0. The lowest BCUT2D eigenvalue weighted by Crippen LogP contribution is -2.38. The van der Waals surface area contributed by atoms with Crippen LogP contribution in [0, 0.1) is 0 Å². The number of fused-ring (bicyclic) bond motifs is 1. The molecule has 0 atom stereocenters. The van der Waals surface area contributed by atoms with Gasteiger partial charge in [-0.05, 0) is 56.4 Å². The number of H-pyrrole nitrogens is 1. The minimum absolute atomic E-state index is 0.196. The SMILES string of the molecule is CCCCOc1nc(N)c2[nH]c(=O)n(CCCCN(CCCN3CCOCC3)Cc3cccc(CC(=O)OC)c3)c2n1. The van der Waals surface area contributed by atoms with Gasteiger partial charge in [0.15, 0.2) is 11.5 Å². The molecular weight excluding hydrogens is 538 g/mol. The van der Waals surface area contributed by atoms with E-state index in [1.54, 1.807) is 4.57 Å². The first kappa shape index (κ1) is 31.5. The van der Waals surface area contributed by atoms with Crippen LogP contribution in [0.15, 0.2) is 29.1 Å². The van der Waals surface area contributed by atoms with Crippen LogP contribution in [0.3, 0.4) is 0 Å². The summed E-state index contributed by atoms with van der Waals surface area (Å²) in [6.07, 6.45) is 4.90. The largest absolute Gasteiger partial charge is 0.469 e. The summed E-state index contributed by atoms with van der Waals surface area (Å²) in [6, 6.07) is 8.34. The van der Waals surface area contributed by atoms with Crippen molar-refractivity contribution in [1.82, 2.24) is 29.3 Å². The first-order valence-corrected chi connectivity index (χ1v) is 15.0. The molecule has 1 saturated heterocycles. The molecule has 0 bridgehead atoms. The van der Waals surface area contributed by atoms with Gasteiger partial charge in [0.2, 0.25) is 0 Å². The van der Waals surface area contributed by atoms with E-state index in [0.717, 1.165) is 90.1 Å². The molecule has 3 N–H and O–H groups in total. The third-order valence-corrected chi connectivity index (χ3v) is 7.49. The van der Waals surface area contributed by atoms with Crippen LogP contribution in [0.2, 0.25) is 0 Å². The fraction of sp³-hybridized carbons (Fsp3) is 0.600. The average Bonchev–Trinajstić information content (AvgIpc) is 3.31. The molecule has 1 aliphatic rings. The summed E-state index contributed by atoms with van der Waals surface area (Å²) in [7, 11) is 1.41. The summed E-state index contributed by atoms with van der Waals surface area (Å²) in [6.45, 7) is 10.3. The van der Waals surface area contributed by atoms with Crippen LogP contribution < -0.4 is 16.2 Å². The number of anilines is 1. The van der Waals surface area contributed by atoms with Gasteiger partial charge < -0.3 is 24.9 Å². The highest BCUT2D eigenvalue weighted by molar-refractivity contribution is 5.81. The maximum atomic E-state index is 12.7. The molecule has 230 valence electrons. The summed E-state index contributed by atoms with van der Waals surface area (Å²) >= 11 is 0. The lowest BCUT2D eigenvalue weighted by molar-refractivity contribution is -0.139. The number of nitrogens with two attached hydrogens (primary N) is 1. The predicted octanol–water partition coefficient (Wildman–Crippen LogP) is 2.60. The molecule has 42 heavy (non-hydrogen) atoms. The molecule has 2 aromatic heterocycles. The van der Waals surface area contributed by atoms with Crippen molar-refractivity contribution in [1.29, 1.82) is 0 Å². The maximum absolute atomic E-state index is 12.7. The maximum Gasteiger partial charge on any atom is 0.327 e. The van der Waals surface area contributed by atoms with Crippen molar-refractivity contribution in [2.45, 2.75) is 58.5 Å². The number of aryl methyl sites for hydroxylation is 1. The van der Waals surface area contributed by atoms with Crippen LogP contribution >= 0.6 is 0 Å². The number of morpholine rings is 1. The topological polar surface area (TPSA) is 141 Å². The number of esters is 1. The first-order chi connectivity index (χ1) is 20.5. The molecule has 12 nitrogen and oxygen atoms in total. The monoisotopic (exact) mass is 583 g/mol. The number of imidazole rings is 1. The molecule has 1 aliphatic heterocycles. The standard InChI is InChI=1S/C30H45N7O5/c1-3-4-17-42-29-33-27(31)26-28(34-29)37(30(39)32-26)14-6-5-11-36(13-8-12-35-15-18-41-19-16-35)22-24-10-7-9-23(20-24)21-25(38)40-2/h7,9-10,20H,3-6,8,11-19,21-22H2,1-2H3,(H,32,39)(H2,31,33,34). The second-order valence-electron chi connectivity index (χ2n) is 10.7. The molecule has 4 rings (SSSR count). The Hall–Kier alpha value is -3.48. The minimum Gasteiger partial charge on any atom is -0.469 e. The summed E-state index contributed by atoms with van der Waals surface area (Å²) in [5, 5.41) is 0. The fourth-order valence-electron chi connectivity index (χ4n) is 5.16. The smallest absolute Gasteiger partial charge is 0.327 e. The molecule has 0 radical (unpaired) electrons. The Balaban J connectivity index is 1.37. The summed E-state index contributed by atoms with van der Waals surface area (Å²) < 4.78 is 17.6. The van der Waals surface area contributed by atoms with Crippen molar-refractivity contribution in [2.24, 2.45) is 0 Å². The Morgan fingerprint density at radius 2 is 1.88 bits per heavy atom. The van der Waals surface area contributed by atoms with Crippen molar-refractivity contribution in [3.05, 3.63) is 45.9 Å². The van der Waals surface area contributed by atoms with Crippen molar-refractivity contribution in [2.75, 3.05) is 65.4 Å². The number of nitrogen functional groups attached to an aromatic ring is 1. The normalized spacial score (nSPS) is 14.1. The third-order valence-electron chi connectivity index (χ3n) is 7.49. The second kappa shape index (κ2) is 16.2. The summed E-state index contributed by atoms with van der Waals surface area (Å²) in [4.78, 5) is 40.9. The highest BCUT2D eigenvalue weighted by atomic mass is 16.5.